The summed E-state index contributed by atoms with van der Waals surface area (Å²) in [5, 5.41) is 14.2. The van der Waals surface area contributed by atoms with E-state index in [2.05, 4.69) is 17.0 Å². The van der Waals surface area contributed by atoms with Gasteiger partial charge in [-0.15, -0.1) is 11.3 Å². The number of thiophene rings is 1. The van der Waals surface area contributed by atoms with Crippen molar-refractivity contribution >= 4 is 17.2 Å². The average molecular weight is 290 g/mol. The Morgan fingerprint density at radius 1 is 1.60 bits per heavy atom. The minimum absolute atomic E-state index is 0.125. The predicted molar refractivity (Wildman–Crippen MR) is 75.3 cm³/mol. The van der Waals surface area contributed by atoms with E-state index < -0.39 is 0 Å². The molecule has 20 heavy (non-hydrogen) atoms. The van der Waals surface area contributed by atoms with Crippen LogP contribution in [0.2, 0.25) is 0 Å². The monoisotopic (exact) mass is 290 g/mol. The standard InChI is InChI=1S/C14H14N2O3S/c1-10-13(7-15-19-10)14(18)16(2)8-12-6-11(9-20-12)4-3-5-17/h6-7,9,17H,5,8H2,1-2H3. The number of nitrogens with zero attached hydrogens (tertiary/aromatic N) is 2. The quantitative estimate of drug-likeness (QED) is 0.873. The molecule has 0 aromatic carbocycles. The molecule has 0 bridgehead atoms. The summed E-state index contributed by atoms with van der Waals surface area (Å²) in [6, 6.07) is 1.91. The number of amides is 1. The van der Waals surface area contributed by atoms with Crippen LogP contribution in [-0.2, 0) is 6.54 Å². The zero-order valence-corrected chi connectivity index (χ0v) is 12.0. The molecule has 0 aliphatic heterocycles. The number of hydrogen-bond acceptors (Lipinski definition) is 5. The molecule has 5 nitrogen and oxygen atoms in total. The smallest absolute Gasteiger partial charge is 0.259 e. The van der Waals surface area contributed by atoms with Crippen LogP contribution in [0.3, 0.4) is 0 Å². The third-order valence-electron chi connectivity index (χ3n) is 2.69. The maximum atomic E-state index is 12.2. The summed E-state index contributed by atoms with van der Waals surface area (Å²) in [6.45, 7) is 2.05. The van der Waals surface area contributed by atoms with E-state index in [1.54, 1.807) is 18.9 Å². The third-order valence-corrected chi connectivity index (χ3v) is 3.61. The van der Waals surface area contributed by atoms with Gasteiger partial charge in [0, 0.05) is 22.9 Å². The molecule has 6 heteroatoms. The largest absolute Gasteiger partial charge is 0.384 e. The second-order valence-electron chi connectivity index (χ2n) is 4.22. The van der Waals surface area contributed by atoms with Crippen LogP contribution in [0, 0.1) is 18.8 Å². The van der Waals surface area contributed by atoms with Crippen molar-refractivity contribution < 1.29 is 14.4 Å². The first-order valence-corrected chi connectivity index (χ1v) is 6.83. The molecular formula is C14H14N2O3S. The first-order chi connectivity index (χ1) is 9.61. The lowest BCUT2D eigenvalue weighted by Crippen LogP contribution is -2.25. The number of rotatable bonds is 3. The van der Waals surface area contributed by atoms with Gasteiger partial charge in [0.15, 0.2) is 0 Å². The van der Waals surface area contributed by atoms with Crippen molar-refractivity contribution in [1.29, 1.82) is 0 Å². The molecule has 0 saturated carbocycles. The van der Waals surface area contributed by atoms with Crippen molar-refractivity contribution in [3.05, 3.63) is 39.4 Å². The second-order valence-corrected chi connectivity index (χ2v) is 5.21. The van der Waals surface area contributed by atoms with Gasteiger partial charge < -0.3 is 14.5 Å². The number of aliphatic hydroxyl groups excluding tert-OH is 1. The SMILES string of the molecule is Cc1oncc1C(=O)N(C)Cc1cc(C#CCO)cs1. The van der Waals surface area contributed by atoms with Crippen LogP contribution in [0.1, 0.15) is 26.6 Å². The Bertz CT molecular complexity index is 663. The molecule has 1 N–H and O–H groups in total. The predicted octanol–water partition coefficient (Wildman–Crippen LogP) is 1.66. The van der Waals surface area contributed by atoms with E-state index in [4.69, 9.17) is 9.63 Å². The highest BCUT2D eigenvalue weighted by Gasteiger charge is 2.17. The van der Waals surface area contributed by atoms with E-state index in [0.717, 1.165) is 10.4 Å². The molecule has 2 aromatic rings. The van der Waals surface area contributed by atoms with Gasteiger partial charge in [0.1, 0.15) is 17.9 Å². The lowest BCUT2D eigenvalue weighted by Gasteiger charge is -2.15. The fraction of sp³-hybridized carbons (Fsp3) is 0.286. The molecule has 0 atom stereocenters. The topological polar surface area (TPSA) is 66.6 Å². The fourth-order valence-electron chi connectivity index (χ4n) is 1.69. The van der Waals surface area contributed by atoms with E-state index in [1.165, 1.54) is 17.5 Å². The Hall–Kier alpha value is -2.10. The van der Waals surface area contributed by atoms with Crippen LogP contribution in [0.15, 0.2) is 22.2 Å². The molecule has 0 radical (unpaired) electrons. The number of aryl methyl sites for hydroxylation is 1. The molecule has 0 unspecified atom stereocenters. The minimum atomic E-state index is -0.156. The number of hydrogen-bond donors (Lipinski definition) is 1. The van der Waals surface area contributed by atoms with Crippen molar-refractivity contribution in [2.45, 2.75) is 13.5 Å². The van der Waals surface area contributed by atoms with Gasteiger partial charge in [-0.3, -0.25) is 4.79 Å². The molecule has 0 fully saturated rings. The summed E-state index contributed by atoms with van der Waals surface area (Å²) in [7, 11) is 1.73. The van der Waals surface area contributed by atoms with Crippen LogP contribution in [-0.4, -0.2) is 34.7 Å². The molecule has 1 amide bonds. The summed E-state index contributed by atoms with van der Waals surface area (Å²) in [6.07, 6.45) is 1.43. The van der Waals surface area contributed by atoms with Gasteiger partial charge in [-0.05, 0) is 13.0 Å². The average Bonchev–Trinajstić information content (AvgIpc) is 3.04. The first-order valence-electron chi connectivity index (χ1n) is 5.95. The fourth-order valence-corrected chi connectivity index (χ4v) is 2.55. The van der Waals surface area contributed by atoms with Gasteiger partial charge in [0.05, 0.1) is 12.7 Å². The number of carbonyl (C=O) groups excluding carboxylic acids is 1. The molecule has 2 aromatic heterocycles. The molecular weight excluding hydrogens is 276 g/mol. The summed E-state index contributed by atoms with van der Waals surface area (Å²) in [5.41, 5.74) is 1.32. The molecule has 0 aliphatic rings. The lowest BCUT2D eigenvalue weighted by atomic mass is 10.2. The number of aliphatic hydroxyl groups is 1. The Kier molecular flexibility index (Phi) is 4.56. The Labute approximate surface area is 120 Å². The number of carbonyl (C=O) groups is 1. The highest BCUT2D eigenvalue weighted by molar-refractivity contribution is 7.10. The zero-order valence-electron chi connectivity index (χ0n) is 11.2. The zero-order chi connectivity index (χ0) is 14.5. The first kappa shape index (κ1) is 14.3. The Balaban J connectivity index is 2.04. The van der Waals surface area contributed by atoms with Gasteiger partial charge >= 0.3 is 0 Å². The molecule has 104 valence electrons. The summed E-state index contributed by atoms with van der Waals surface area (Å²) >= 11 is 1.53. The van der Waals surface area contributed by atoms with Crippen LogP contribution in [0.5, 0.6) is 0 Å². The van der Waals surface area contributed by atoms with E-state index >= 15 is 0 Å². The van der Waals surface area contributed by atoms with Crippen molar-refractivity contribution in [3.63, 3.8) is 0 Å². The summed E-state index contributed by atoms with van der Waals surface area (Å²) < 4.78 is 4.90. The van der Waals surface area contributed by atoms with E-state index in [9.17, 15) is 4.79 Å². The van der Waals surface area contributed by atoms with Gasteiger partial charge in [0.2, 0.25) is 0 Å². The van der Waals surface area contributed by atoms with Crippen LogP contribution in [0.4, 0.5) is 0 Å². The normalized spacial score (nSPS) is 9.95. The van der Waals surface area contributed by atoms with Crippen LogP contribution in [0.25, 0.3) is 0 Å². The van der Waals surface area contributed by atoms with Gasteiger partial charge in [-0.2, -0.15) is 0 Å². The lowest BCUT2D eigenvalue weighted by molar-refractivity contribution is 0.0784. The highest BCUT2D eigenvalue weighted by atomic mass is 32.1. The molecule has 2 rings (SSSR count). The van der Waals surface area contributed by atoms with E-state index in [-0.39, 0.29) is 12.5 Å². The van der Waals surface area contributed by atoms with Crippen LogP contribution < -0.4 is 0 Å². The van der Waals surface area contributed by atoms with Crippen molar-refractivity contribution in [2.24, 2.45) is 0 Å². The van der Waals surface area contributed by atoms with Crippen molar-refractivity contribution in [2.75, 3.05) is 13.7 Å². The minimum Gasteiger partial charge on any atom is -0.384 e. The number of aromatic nitrogens is 1. The van der Waals surface area contributed by atoms with Crippen molar-refractivity contribution in [3.8, 4) is 11.8 Å². The molecule has 0 aliphatic carbocycles. The Morgan fingerprint density at radius 2 is 2.40 bits per heavy atom. The van der Waals surface area contributed by atoms with Gasteiger partial charge in [0.25, 0.3) is 5.91 Å². The maximum Gasteiger partial charge on any atom is 0.259 e. The summed E-state index contributed by atoms with van der Waals surface area (Å²) in [5.74, 6) is 5.82. The molecule has 2 heterocycles. The maximum absolute atomic E-state index is 12.2. The molecule has 0 saturated heterocycles. The van der Waals surface area contributed by atoms with Crippen molar-refractivity contribution in [1.82, 2.24) is 10.1 Å². The third kappa shape index (κ3) is 3.26. The molecule has 0 spiro atoms. The highest BCUT2D eigenvalue weighted by Crippen LogP contribution is 2.17. The van der Waals surface area contributed by atoms with Gasteiger partial charge in [-0.25, -0.2) is 0 Å². The van der Waals surface area contributed by atoms with Gasteiger partial charge in [-0.1, -0.05) is 17.0 Å². The van der Waals surface area contributed by atoms with E-state index in [0.29, 0.717) is 17.9 Å². The Morgan fingerprint density at radius 3 is 3.05 bits per heavy atom. The summed E-state index contributed by atoms with van der Waals surface area (Å²) in [4.78, 5) is 14.8. The van der Waals surface area contributed by atoms with Crippen LogP contribution >= 0.6 is 11.3 Å². The van der Waals surface area contributed by atoms with E-state index in [1.807, 2.05) is 11.4 Å². The second kappa shape index (κ2) is 6.37.